The maximum absolute atomic E-state index is 13.1. The van der Waals surface area contributed by atoms with Gasteiger partial charge in [0.25, 0.3) is 5.91 Å². The Morgan fingerprint density at radius 3 is 2.85 bits per heavy atom. The number of nitrogen functional groups attached to an aromatic ring is 1. The third-order valence-corrected chi connectivity index (χ3v) is 6.46. The molecule has 2 heterocycles. The number of pyridine rings is 1. The molecule has 168 valence electrons. The lowest BCUT2D eigenvalue weighted by Gasteiger charge is -2.13. The molecule has 8 heteroatoms. The van der Waals surface area contributed by atoms with Crippen molar-refractivity contribution in [3.8, 4) is 22.8 Å². The third kappa shape index (κ3) is 4.75. The van der Waals surface area contributed by atoms with Gasteiger partial charge < -0.3 is 20.5 Å². The lowest BCUT2D eigenvalue weighted by Crippen LogP contribution is -2.24. The molecule has 33 heavy (non-hydrogen) atoms. The molecule has 0 radical (unpaired) electrons. The summed E-state index contributed by atoms with van der Waals surface area (Å²) in [6.07, 6.45) is 4.15. The van der Waals surface area contributed by atoms with Gasteiger partial charge in [-0.15, -0.1) is 0 Å². The average molecular weight is 461 g/mol. The summed E-state index contributed by atoms with van der Waals surface area (Å²) >= 11 is 1.43. The molecule has 0 aliphatic heterocycles. The van der Waals surface area contributed by atoms with E-state index in [1.54, 1.807) is 12.3 Å². The van der Waals surface area contributed by atoms with E-state index in [-0.39, 0.29) is 11.8 Å². The van der Waals surface area contributed by atoms with Crippen LogP contribution in [0.2, 0.25) is 0 Å². The van der Waals surface area contributed by atoms with Crippen LogP contribution < -0.4 is 20.5 Å². The molecule has 3 N–H and O–H groups in total. The van der Waals surface area contributed by atoms with Gasteiger partial charge in [0, 0.05) is 23.9 Å². The highest BCUT2D eigenvalue weighted by Crippen LogP contribution is 2.32. The summed E-state index contributed by atoms with van der Waals surface area (Å²) < 4.78 is 12.3. The maximum atomic E-state index is 13.1. The van der Waals surface area contributed by atoms with E-state index in [4.69, 9.17) is 15.2 Å². The first-order valence-corrected chi connectivity index (χ1v) is 11.6. The van der Waals surface area contributed by atoms with E-state index in [9.17, 15) is 4.79 Å². The van der Waals surface area contributed by atoms with Gasteiger partial charge in [-0.25, -0.2) is 9.97 Å². The first-order chi connectivity index (χ1) is 16.1. The average Bonchev–Trinajstić information content (AvgIpc) is 3.59. The summed E-state index contributed by atoms with van der Waals surface area (Å²) in [5.41, 5.74) is 9.71. The van der Waals surface area contributed by atoms with Crippen molar-refractivity contribution in [3.05, 3.63) is 65.9 Å². The third-order valence-electron chi connectivity index (χ3n) is 5.61. The zero-order valence-corrected chi connectivity index (χ0v) is 19.0. The van der Waals surface area contributed by atoms with Crippen LogP contribution in [0.1, 0.15) is 28.8 Å². The van der Waals surface area contributed by atoms with Gasteiger partial charge in [-0.2, -0.15) is 0 Å². The molecule has 4 aromatic rings. The van der Waals surface area contributed by atoms with E-state index in [1.165, 1.54) is 31.3 Å². The minimum Gasteiger partial charge on any atom is -0.493 e. The molecule has 0 unspecified atom stereocenters. The molecule has 5 rings (SSSR count). The van der Waals surface area contributed by atoms with Crippen molar-refractivity contribution in [2.45, 2.75) is 19.4 Å². The fourth-order valence-electron chi connectivity index (χ4n) is 3.61. The van der Waals surface area contributed by atoms with Crippen molar-refractivity contribution in [3.63, 3.8) is 0 Å². The van der Waals surface area contributed by atoms with Crippen LogP contribution in [0.3, 0.4) is 0 Å². The van der Waals surface area contributed by atoms with E-state index in [1.807, 2.05) is 42.5 Å². The zero-order valence-electron chi connectivity index (χ0n) is 18.2. The number of benzene rings is 2. The van der Waals surface area contributed by atoms with Crippen molar-refractivity contribution in [1.29, 1.82) is 0 Å². The largest absolute Gasteiger partial charge is 0.493 e. The fourth-order valence-corrected chi connectivity index (χ4v) is 4.38. The second-order valence-corrected chi connectivity index (χ2v) is 9.12. The number of aromatic nitrogens is 2. The van der Waals surface area contributed by atoms with Gasteiger partial charge in [0.15, 0.2) is 5.13 Å². The Labute approximate surface area is 195 Å². The number of fused-ring (bicyclic) bond motifs is 1. The van der Waals surface area contributed by atoms with Gasteiger partial charge >= 0.3 is 0 Å². The number of hydrogen-bond donors (Lipinski definition) is 2. The summed E-state index contributed by atoms with van der Waals surface area (Å²) in [5, 5.41) is 3.51. The Balaban J connectivity index is 1.36. The molecule has 0 saturated heterocycles. The van der Waals surface area contributed by atoms with Crippen molar-refractivity contribution in [2.24, 2.45) is 5.92 Å². The summed E-state index contributed by atoms with van der Waals surface area (Å²) in [6, 6.07) is 15.4. The van der Waals surface area contributed by atoms with Crippen LogP contribution in [-0.4, -0.2) is 29.6 Å². The highest BCUT2D eigenvalue weighted by atomic mass is 32.1. The number of nitrogens with two attached hydrogens (primary N) is 1. The Bertz CT molecular complexity index is 1320. The molecule has 1 aliphatic rings. The number of rotatable bonds is 8. The van der Waals surface area contributed by atoms with Crippen LogP contribution in [-0.2, 0) is 6.54 Å². The van der Waals surface area contributed by atoms with E-state index < -0.39 is 0 Å². The van der Waals surface area contributed by atoms with Gasteiger partial charge in [-0.1, -0.05) is 35.6 Å². The van der Waals surface area contributed by atoms with Crippen LogP contribution in [0.5, 0.6) is 11.6 Å². The first kappa shape index (κ1) is 21.2. The molecule has 2 aromatic heterocycles. The number of carbonyl (C=O) groups is 1. The minimum absolute atomic E-state index is 0.263. The van der Waals surface area contributed by atoms with Crippen molar-refractivity contribution >= 4 is 32.6 Å². The molecule has 7 nitrogen and oxygen atoms in total. The highest BCUT2D eigenvalue weighted by Gasteiger charge is 2.22. The molecule has 0 bridgehead atoms. The normalized spacial score (nSPS) is 13.1. The van der Waals surface area contributed by atoms with E-state index in [0.717, 1.165) is 39.3 Å². The molecular formula is C25H24N4O3S. The van der Waals surface area contributed by atoms with E-state index in [0.29, 0.717) is 23.2 Å². The quantitative estimate of drug-likeness (QED) is 0.396. The van der Waals surface area contributed by atoms with Gasteiger partial charge in [0.2, 0.25) is 5.88 Å². The Hall–Kier alpha value is -3.65. The predicted molar refractivity (Wildman–Crippen MR) is 130 cm³/mol. The number of anilines is 1. The SMILES string of the molecule is COc1ncc(-c2ccc3nc(N)sc3c2)cc1C(=O)NCc1ccccc1OCC1CC1. The fraction of sp³-hybridized carbons (Fsp3) is 0.240. The van der Waals surface area contributed by atoms with Crippen molar-refractivity contribution in [1.82, 2.24) is 15.3 Å². The molecule has 1 aliphatic carbocycles. The lowest BCUT2D eigenvalue weighted by molar-refractivity contribution is 0.0947. The van der Waals surface area contributed by atoms with E-state index in [2.05, 4.69) is 15.3 Å². The summed E-state index contributed by atoms with van der Waals surface area (Å²) in [5.74, 6) is 1.48. The number of nitrogens with one attached hydrogen (secondary N) is 1. The number of thiazole rings is 1. The number of hydrogen-bond acceptors (Lipinski definition) is 7. The van der Waals surface area contributed by atoms with Gasteiger partial charge in [0.1, 0.15) is 11.3 Å². The van der Waals surface area contributed by atoms with E-state index >= 15 is 0 Å². The topological polar surface area (TPSA) is 99.4 Å². The summed E-state index contributed by atoms with van der Waals surface area (Å²) in [4.78, 5) is 21.7. The molecular weight excluding hydrogens is 436 g/mol. The molecule has 2 aromatic carbocycles. The van der Waals surface area contributed by atoms with Crippen LogP contribution in [0, 0.1) is 5.92 Å². The van der Waals surface area contributed by atoms with Crippen LogP contribution in [0.15, 0.2) is 54.7 Å². The number of amides is 1. The van der Waals surface area contributed by atoms with Crippen molar-refractivity contribution in [2.75, 3.05) is 19.5 Å². The Kier molecular flexibility index (Phi) is 5.83. The predicted octanol–water partition coefficient (Wildman–Crippen LogP) is 4.67. The second kappa shape index (κ2) is 9.07. The number of ether oxygens (including phenoxy) is 2. The van der Waals surface area contributed by atoms with Crippen molar-refractivity contribution < 1.29 is 14.3 Å². The standard InChI is InChI=1S/C25H24N4O3S/c1-31-24-19(10-18(13-28-24)16-8-9-20-22(11-16)33-25(26)29-20)23(30)27-12-17-4-2-3-5-21(17)32-14-15-6-7-15/h2-5,8-11,13,15H,6-7,12,14H2,1H3,(H2,26,29)(H,27,30). The van der Waals surface area contributed by atoms with Crippen LogP contribution in [0.4, 0.5) is 5.13 Å². The van der Waals surface area contributed by atoms with Gasteiger partial charge in [-0.3, -0.25) is 4.79 Å². The monoisotopic (exact) mass is 460 g/mol. The van der Waals surface area contributed by atoms with Gasteiger partial charge in [-0.05, 0) is 48.6 Å². The molecule has 1 fully saturated rings. The lowest BCUT2D eigenvalue weighted by atomic mass is 10.1. The Morgan fingerprint density at radius 1 is 1.18 bits per heavy atom. The Morgan fingerprint density at radius 2 is 2.03 bits per heavy atom. The molecule has 1 amide bonds. The van der Waals surface area contributed by atoms with Crippen LogP contribution in [0.25, 0.3) is 21.3 Å². The maximum Gasteiger partial charge on any atom is 0.257 e. The van der Waals surface area contributed by atoms with Crippen LogP contribution >= 0.6 is 11.3 Å². The smallest absolute Gasteiger partial charge is 0.257 e. The molecule has 1 saturated carbocycles. The number of methoxy groups -OCH3 is 1. The molecule has 0 atom stereocenters. The number of para-hydroxylation sites is 1. The number of carbonyl (C=O) groups excluding carboxylic acids is 1. The summed E-state index contributed by atoms with van der Waals surface area (Å²) in [6.45, 7) is 1.07. The highest BCUT2D eigenvalue weighted by molar-refractivity contribution is 7.22. The minimum atomic E-state index is -0.263. The van der Waals surface area contributed by atoms with Gasteiger partial charge in [0.05, 0.1) is 23.9 Å². The second-order valence-electron chi connectivity index (χ2n) is 8.06. The first-order valence-electron chi connectivity index (χ1n) is 10.8. The summed E-state index contributed by atoms with van der Waals surface area (Å²) in [7, 11) is 1.51. The number of nitrogens with zero attached hydrogens (tertiary/aromatic N) is 2. The zero-order chi connectivity index (χ0) is 22.8. The molecule has 0 spiro atoms.